The first kappa shape index (κ1) is 18.4. The highest BCUT2D eigenvalue weighted by Gasteiger charge is 2.25. The normalized spacial score (nSPS) is 14.0. The van der Waals surface area contributed by atoms with Gasteiger partial charge in [0.25, 0.3) is 5.91 Å². The standard InChI is InChI=1S/C19H19FN4O3/c20-15-4-6-16(7-5-15)22-19(27)24-10-8-23(9-11-24)18(26)14-3-1-2-13(12-14)17(21)25/h1-7,12H,8-11H2,(H2,21,25)(H,22,27). The minimum atomic E-state index is -0.591. The van der Waals surface area contributed by atoms with Crippen LogP contribution in [0.3, 0.4) is 0 Å². The largest absolute Gasteiger partial charge is 0.366 e. The van der Waals surface area contributed by atoms with Crippen LogP contribution in [0.5, 0.6) is 0 Å². The number of hydrogen-bond acceptors (Lipinski definition) is 3. The van der Waals surface area contributed by atoms with Crippen LogP contribution in [0.4, 0.5) is 14.9 Å². The summed E-state index contributed by atoms with van der Waals surface area (Å²) < 4.78 is 12.9. The minimum Gasteiger partial charge on any atom is -0.366 e. The molecule has 3 rings (SSSR count). The first-order valence-electron chi connectivity index (χ1n) is 8.44. The van der Waals surface area contributed by atoms with Crippen LogP contribution in [0.15, 0.2) is 48.5 Å². The highest BCUT2D eigenvalue weighted by molar-refractivity contribution is 5.99. The SMILES string of the molecule is NC(=O)c1cccc(C(=O)N2CCN(C(=O)Nc3ccc(F)cc3)CC2)c1. The molecule has 2 aromatic carbocycles. The van der Waals surface area contributed by atoms with Gasteiger partial charge in [-0.3, -0.25) is 9.59 Å². The molecule has 0 bridgehead atoms. The molecule has 0 atom stereocenters. The van der Waals surface area contributed by atoms with Crippen LogP contribution >= 0.6 is 0 Å². The number of amides is 4. The summed E-state index contributed by atoms with van der Waals surface area (Å²) in [7, 11) is 0. The summed E-state index contributed by atoms with van der Waals surface area (Å²) in [6.07, 6.45) is 0. The van der Waals surface area contributed by atoms with Gasteiger partial charge in [-0.25, -0.2) is 9.18 Å². The van der Waals surface area contributed by atoms with Crippen molar-refractivity contribution < 1.29 is 18.8 Å². The number of nitrogens with two attached hydrogens (primary N) is 1. The Kier molecular flexibility index (Phi) is 5.35. The molecule has 0 aliphatic carbocycles. The molecule has 1 aliphatic heterocycles. The van der Waals surface area contributed by atoms with Crippen LogP contribution in [-0.4, -0.2) is 53.8 Å². The van der Waals surface area contributed by atoms with Crippen molar-refractivity contribution in [2.75, 3.05) is 31.5 Å². The van der Waals surface area contributed by atoms with Crippen LogP contribution in [0.2, 0.25) is 0 Å². The Labute approximate surface area is 155 Å². The topological polar surface area (TPSA) is 95.7 Å². The number of primary amides is 1. The third-order valence-electron chi connectivity index (χ3n) is 4.34. The molecule has 140 valence electrons. The molecule has 8 heteroatoms. The van der Waals surface area contributed by atoms with Gasteiger partial charge in [-0.1, -0.05) is 6.07 Å². The lowest BCUT2D eigenvalue weighted by Gasteiger charge is -2.34. The zero-order chi connectivity index (χ0) is 19.4. The Balaban J connectivity index is 1.57. The van der Waals surface area contributed by atoms with Crippen molar-refractivity contribution >= 4 is 23.5 Å². The number of urea groups is 1. The molecule has 3 N–H and O–H groups in total. The number of benzene rings is 2. The third-order valence-corrected chi connectivity index (χ3v) is 4.34. The van der Waals surface area contributed by atoms with Crippen LogP contribution in [-0.2, 0) is 0 Å². The number of carbonyl (C=O) groups excluding carboxylic acids is 3. The molecule has 0 spiro atoms. The quantitative estimate of drug-likeness (QED) is 0.864. The van der Waals surface area contributed by atoms with Gasteiger partial charge in [-0.2, -0.15) is 0 Å². The summed E-state index contributed by atoms with van der Waals surface area (Å²) in [5, 5.41) is 2.70. The first-order valence-corrected chi connectivity index (χ1v) is 8.44. The molecule has 0 aromatic heterocycles. The molecule has 0 saturated carbocycles. The number of nitrogens with zero attached hydrogens (tertiary/aromatic N) is 2. The summed E-state index contributed by atoms with van der Waals surface area (Å²) >= 11 is 0. The molecule has 0 radical (unpaired) electrons. The zero-order valence-electron chi connectivity index (χ0n) is 14.5. The van der Waals surface area contributed by atoms with Crippen molar-refractivity contribution in [2.24, 2.45) is 5.73 Å². The Morgan fingerprint density at radius 2 is 1.48 bits per heavy atom. The van der Waals surface area contributed by atoms with Gasteiger partial charge in [0.1, 0.15) is 5.82 Å². The Bertz CT molecular complexity index is 862. The average Bonchev–Trinajstić information content (AvgIpc) is 2.69. The maximum Gasteiger partial charge on any atom is 0.321 e. The predicted molar refractivity (Wildman–Crippen MR) is 97.9 cm³/mol. The molecule has 27 heavy (non-hydrogen) atoms. The fraction of sp³-hybridized carbons (Fsp3) is 0.211. The first-order chi connectivity index (χ1) is 12.9. The highest BCUT2D eigenvalue weighted by atomic mass is 19.1. The Hall–Kier alpha value is -3.42. The number of carbonyl (C=O) groups is 3. The molecular weight excluding hydrogens is 351 g/mol. The van der Waals surface area contributed by atoms with Crippen LogP contribution in [0.25, 0.3) is 0 Å². The molecule has 1 heterocycles. The van der Waals surface area contributed by atoms with Crippen LogP contribution < -0.4 is 11.1 Å². The maximum absolute atomic E-state index is 12.9. The van der Waals surface area contributed by atoms with Crippen LogP contribution in [0, 0.1) is 5.82 Å². The second-order valence-corrected chi connectivity index (χ2v) is 6.16. The number of halogens is 1. The molecule has 1 aliphatic rings. The van der Waals surface area contributed by atoms with Crippen molar-refractivity contribution in [1.82, 2.24) is 9.80 Å². The van der Waals surface area contributed by atoms with E-state index >= 15 is 0 Å². The molecule has 2 aromatic rings. The summed E-state index contributed by atoms with van der Waals surface area (Å²) in [5.41, 5.74) is 6.41. The second-order valence-electron chi connectivity index (χ2n) is 6.16. The molecule has 4 amide bonds. The van der Waals surface area contributed by atoms with Crippen molar-refractivity contribution in [3.63, 3.8) is 0 Å². The van der Waals surface area contributed by atoms with E-state index in [1.54, 1.807) is 28.0 Å². The third kappa shape index (κ3) is 4.41. The van der Waals surface area contributed by atoms with E-state index in [0.29, 0.717) is 37.4 Å². The molecule has 1 fully saturated rings. The summed E-state index contributed by atoms with van der Waals surface area (Å²) in [4.78, 5) is 39.4. The summed E-state index contributed by atoms with van der Waals surface area (Å²) in [6, 6.07) is 11.5. The van der Waals surface area contributed by atoms with Gasteiger partial charge in [-0.05, 0) is 42.5 Å². The van der Waals surface area contributed by atoms with E-state index in [2.05, 4.69) is 5.32 Å². The van der Waals surface area contributed by atoms with Gasteiger partial charge in [0, 0.05) is 43.0 Å². The van der Waals surface area contributed by atoms with Crippen molar-refractivity contribution in [2.45, 2.75) is 0 Å². The number of nitrogens with one attached hydrogen (secondary N) is 1. The minimum absolute atomic E-state index is 0.211. The van der Waals surface area contributed by atoms with Crippen molar-refractivity contribution in [3.8, 4) is 0 Å². The average molecular weight is 370 g/mol. The lowest BCUT2D eigenvalue weighted by Crippen LogP contribution is -2.51. The Morgan fingerprint density at radius 3 is 2.11 bits per heavy atom. The molecular formula is C19H19FN4O3. The van der Waals surface area contributed by atoms with Gasteiger partial charge >= 0.3 is 6.03 Å². The monoisotopic (exact) mass is 370 g/mol. The Morgan fingerprint density at radius 1 is 0.889 bits per heavy atom. The van der Waals surface area contributed by atoms with E-state index in [0.717, 1.165) is 0 Å². The molecule has 7 nitrogen and oxygen atoms in total. The second kappa shape index (κ2) is 7.86. The van der Waals surface area contributed by atoms with Gasteiger partial charge in [0.15, 0.2) is 0 Å². The molecule has 1 saturated heterocycles. The lowest BCUT2D eigenvalue weighted by molar-refractivity contribution is 0.0671. The van der Waals surface area contributed by atoms with Gasteiger partial charge in [0.05, 0.1) is 0 Å². The predicted octanol–water partition coefficient (Wildman–Crippen LogP) is 1.91. The van der Waals surface area contributed by atoms with E-state index < -0.39 is 5.91 Å². The van der Waals surface area contributed by atoms with Gasteiger partial charge < -0.3 is 20.9 Å². The van der Waals surface area contributed by atoms with Gasteiger partial charge in [0.2, 0.25) is 5.91 Å². The summed E-state index contributed by atoms with van der Waals surface area (Å²) in [5.74, 6) is -1.18. The van der Waals surface area contributed by atoms with Crippen molar-refractivity contribution in [3.05, 3.63) is 65.5 Å². The fourth-order valence-electron chi connectivity index (χ4n) is 2.84. The number of piperazine rings is 1. The van der Waals surface area contributed by atoms with E-state index in [1.165, 1.54) is 30.3 Å². The smallest absolute Gasteiger partial charge is 0.321 e. The van der Waals surface area contributed by atoms with E-state index in [-0.39, 0.29) is 23.3 Å². The number of hydrogen-bond donors (Lipinski definition) is 2. The highest BCUT2D eigenvalue weighted by Crippen LogP contribution is 2.13. The van der Waals surface area contributed by atoms with E-state index in [9.17, 15) is 18.8 Å². The number of anilines is 1. The van der Waals surface area contributed by atoms with E-state index in [1.807, 2.05) is 0 Å². The van der Waals surface area contributed by atoms with Gasteiger partial charge in [-0.15, -0.1) is 0 Å². The van der Waals surface area contributed by atoms with Crippen LogP contribution in [0.1, 0.15) is 20.7 Å². The molecule has 0 unspecified atom stereocenters. The zero-order valence-corrected chi connectivity index (χ0v) is 14.5. The van der Waals surface area contributed by atoms with E-state index in [4.69, 9.17) is 5.73 Å². The fourth-order valence-corrected chi connectivity index (χ4v) is 2.84. The number of rotatable bonds is 3. The lowest BCUT2D eigenvalue weighted by atomic mass is 10.1. The van der Waals surface area contributed by atoms with Crippen molar-refractivity contribution in [1.29, 1.82) is 0 Å². The maximum atomic E-state index is 12.9. The summed E-state index contributed by atoms with van der Waals surface area (Å²) in [6.45, 7) is 1.48.